The Morgan fingerprint density at radius 1 is 0.879 bits per heavy atom. The Balaban J connectivity index is 1.57. The second-order valence-electron chi connectivity index (χ2n) is 7.44. The smallest absolute Gasteiger partial charge is 0.234 e. The molecule has 0 unspecified atom stereocenters. The maximum atomic E-state index is 12.5. The van der Waals surface area contributed by atoms with Crippen molar-refractivity contribution in [2.24, 2.45) is 0 Å². The predicted octanol–water partition coefficient (Wildman–Crippen LogP) is 4.93. The third kappa shape index (κ3) is 5.67. The summed E-state index contributed by atoms with van der Waals surface area (Å²) in [6.07, 6.45) is 0. The summed E-state index contributed by atoms with van der Waals surface area (Å²) >= 11 is 1.32. The van der Waals surface area contributed by atoms with Crippen LogP contribution >= 0.6 is 11.8 Å². The number of thioether (sulfide) groups is 1. The highest BCUT2D eigenvalue weighted by Gasteiger charge is 2.17. The molecule has 3 aromatic carbocycles. The summed E-state index contributed by atoms with van der Waals surface area (Å²) < 4.78 is 1.93. The minimum atomic E-state index is -0.127. The average Bonchev–Trinajstić information content (AvgIpc) is 3.22. The molecule has 33 heavy (non-hydrogen) atoms. The van der Waals surface area contributed by atoms with Gasteiger partial charge in [0, 0.05) is 29.5 Å². The molecule has 0 radical (unpaired) electrons. The van der Waals surface area contributed by atoms with Gasteiger partial charge in [-0.2, -0.15) is 0 Å². The Labute approximate surface area is 196 Å². The van der Waals surface area contributed by atoms with Gasteiger partial charge in [0.1, 0.15) is 0 Å². The van der Waals surface area contributed by atoms with Crippen LogP contribution < -0.4 is 10.6 Å². The van der Waals surface area contributed by atoms with Crippen molar-refractivity contribution in [3.05, 3.63) is 84.4 Å². The number of carbonyl (C=O) groups excluding carboxylic acids is 2. The highest BCUT2D eigenvalue weighted by atomic mass is 32.2. The molecular formula is C25H23N5O2S. The fourth-order valence-corrected chi connectivity index (χ4v) is 4.07. The van der Waals surface area contributed by atoms with Gasteiger partial charge in [0.15, 0.2) is 11.0 Å². The van der Waals surface area contributed by atoms with Crippen LogP contribution in [-0.4, -0.2) is 32.3 Å². The van der Waals surface area contributed by atoms with E-state index < -0.39 is 0 Å². The zero-order chi connectivity index (χ0) is 23.2. The van der Waals surface area contributed by atoms with Crippen LogP contribution in [0.3, 0.4) is 0 Å². The number of rotatable bonds is 7. The second kappa shape index (κ2) is 10.1. The van der Waals surface area contributed by atoms with Gasteiger partial charge in [-0.3, -0.25) is 14.2 Å². The lowest BCUT2D eigenvalue weighted by atomic mass is 10.2. The number of hydrogen-bond acceptors (Lipinski definition) is 5. The zero-order valence-electron chi connectivity index (χ0n) is 18.3. The van der Waals surface area contributed by atoms with Crippen LogP contribution in [0.5, 0.6) is 0 Å². The lowest BCUT2D eigenvalue weighted by Crippen LogP contribution is -2.14. The minimum Gasteiger partial charge on any atom is -0.326 e. The molecule has 0 aliphatic carbocycles. The normalized spacial score (nSPS) is 10.6. The molecule has 0 atom stereocenters. The Kier molecular flexibility index (Phi) is 6.85. The topological polar surface area (TPSA) is 88.9 Å². The molecule has 0 bridgehead atoms. The number of aromatic nitrogens is 3. The fraction of sp³-hybridized carbons (Fsp3) is 0.120. The lowest BCUT2D eigenvalue weighted by molar-refractivity contribution is -0.114. The summed E-state index contributed by atoms with van der Waals surface area (Å²) in [7, 11) is 0. The fourth-order valence-electron chi connectivity index (χ4n) is 3.32. The third-order valence-corrected chi connectivity index (χ3v) is 5.67. The number of hydrogen-bond donors (Lipinski definition) is 2. The SMILES string of the molecule is CC(=O)Nc1ccc(-c2nnc(SCC(=O)Nc3cccc(C)c3)n2-c2ccccc2)cc1. The quantitative estimate of drug-likeness (QED) is 0.384. The molecular weight excluding hydrogens is 434 g/mol. The standard InChI is InChI=1S/C25H23N5O2S/c1-17-7-6-8-21(15-17)27-23(32)16-33-25-29-28-24(30(25)22-9-4-3-5-10-22)19-11-13-20(14-12-19)26-18(2)31/h3-15H,16H2,1-2H3,(H,26,31)(H,27,32). The van der Waals surface area contributed by atoms with E-state index in [4.69, 9.17) is 0 Å². The van der Waals surface area contributed by atoms with Crippen molar-refractivity contribution in [1.82, 2.24) is 14.8 Å². The van der Waals surface area contributed by atoms with Gasteiger partial charge < -0.3 is 10.6 Å². The first kappa shape index (κ1) is 22.3. The summed E-state index contributed by atoms with van der Waals surface area (Å²) in [4.78, 5) is 23.8. The third-order valence-electron chi connectivity index (χ3n) is 4.75. The maximum absolute atomic E-state index is 12.5. The summed E-state index contributed by atoms with van der Waals surface area (Å²) in [5, 5.41) is 15.1. The van der Waals surface area contributed by atoms with Crippen molar-refractivity contribution in [3.63, 3.8) is 0 Å². The van der Waals surface area contributed by atoms with Gasteiger partial charge in [0.2, 0.25) is 11.8 Å². The van der Waals surface area contributed by atoms with E-state index in [0.29, 0.717) is 16.7 Å². The Bertz CT molecular complexity index is 1270. The van der Waals surface area contributed by atoms with Gasteiger partial charge >= 0.3 is 0 Å². The average molecular weight is 458 g/mol. The van der Waals surface area contributed by atoms with Crippen LogP contribution in [0.2, 0.25) is 0 Å². The molecule has 1 aromatic heterocycles. The number of amides is 2. The maximum Gasteiger partial charge on any atom is 0.234 e. The van der Waals surface area contributed by atoms with Gasteiger partial charge in [-0.1, -0.05) is 42.1 Å². The van der Waals surface area contributed by atoms with E-state index in [1.165, 1.54) is 18.7 Å². The molecule has 0 saturated carbocycles. The van der Waals surface area contributed by atoms with E-state index in [0.717, 1.165) is 22.5 Å². The van der Waals surface area contributed by atoms with E-state index in [9.17, 15) is 9.59 Å². The Morgan fingerprint density at radius 2 is 1.64 bits per heavy atom. The first-order valence-corrected chi connectivity index (χ1v) is 11.4. The van der Waals surface area contributed by atoms with Crippen LogP contribution in [0.4, 0.5) is 11.4 Å². The largest absolute Gasteiger partial charge is 0.326 e. The van der Waals surface area contributed by atoms with Gasteiger partial charge in [0.05, 0.1) is 5.75 Å². The summed E-state index contributed by atoms with van der Waals surface area (Å²) in [6, 6.07) is 24.9. The van der Waals surface area contributed by atoms with Gasteiger partial charge in [0.25, 0.3) is 0 Å². The van der Waals surface area contributed by atoms with E-state index in [-0.39, 0.29) is 17.6 Å². The number of para-hydroxylation sites is 1. The molecule has 0 spiro atoms. The van der Waals surface area contributed by atoms with Crippen molar-refractivity contribution in [1.29, 1.82) is 0 Å². The first-order chi connectivity index (χ1) is 16.0. The van der Waals surface area contributed by atoms with Crippen LogP contribution in [0.1, 0.15) is 12.5 Å². The molecule has 0 fully saturated rings. The minimum absolute atomic E-state index is 0.116. The van der Waals surface area contributed by atoms with Crippen molar-refractivity contribution in [2.45, 2.75) is 19.0 Å². The second-order valence-corrected chi connectivity index (χ2v) is 8.38. The molecule has 4 rings (SSSR count). The molecule has 166 valence electrons. The molecule has 2 amide bonds. The number of nitrogens with one attached hydrogen (secondary N) is 2. The van der Waals surface area contributed by atoms with E-state index >= 15 is 0 Å². The van der Waals surface area contributed by atoms with Gasteiger partial charge in [-0.05, 0) is 61.0 Å². The Morgan fingerprint density at radius 3 is 2.33 bits per heavy atom. The van der Waals surface area contributed by atoms with E-state index in [1.807, 2.05) is 90.4 Å². The number of nitrogens with zero attached hydrogens (tertiary/aromatic N) is 3. The summed E-state index contributed by atoms with van der Waals surface area (Å²) in [6.45, 7) is 3.45. The molecule has 4 aromatic rings. The molecule has 1 heterocycles. The highest BCUT2D eigenvalue weighted by Crippen LogP contribution is 2.28. The van der Waals surface area contributed by atoms with Crippen molar-refractivity contribution in [3.8, 4) is 17.1 Å². The van der Waals surface area contributed by atoms with Crippen LogP contribution in [-0.2, 0) is 9.59 Å². The number of benzene rings is 3. The van der Waals surface area contributed by atoms with Crippen LogP contribution in [0, 0.1) is 6.92 Å². The van der Waals surface area contributed by atoms with Gasteiger partial charge in [-0.15, -0.1) is 10.2 Å². The molecule has 2 N–H and O–H groups in total. The number of carbonyl (C=O) groups is 2. The first-order valence-electron chi connectivity index (χ1n) is 10.4. The lowest BCUT2D eigenvalue weighted by Gasteiger charge is -2.11. The molecule has 7 nitrogen and oxygen atoms in total. The predicted molar refractivity (Wildman–Crippen MR) is 132 cm³/mol. The molecule has 8 heteroatoms. The molecule has 0 aliphatic rings. The van der Waals surface area contributed by atoms with E-state index in [1.54, 1.807) is 0 Å². The highest BCUT2D eigenvalue weighted by molar-refractivity contribution is 7.99. The van der Waals surface area contributed by atoms with Crippen molar-refractivity contribution >= 4 is 35.0 Å². The monoisotopic (exact) mass is 457 g/mol. The summed E-state index contributed by atoms with van der Waals surface area (Å²) in [5.41, 5.74) is 4.30. The molecule has 0 aliphatic heterocycles. The van der Waals surface area contributed by atoms with Gasteiger partial charge in [-0.25, -0.2) is 0 Å². The van der Waals surface area contributed by atoms with Crippen molar-refractivity contribution in [2.75, 3.05) is 16.4 Å². The van der Waals surface area contributed by atoms with E-state index in [2.05, 4.69) is 20.8 Å². The zero-order valence-corrected chi connectivity index (χ0v) is 19.1. The van der Waals surface area contributed by atoms with Crippen molar-refractivity contribution < 1.29 is 9.59 Å². The van der Waals surface area contributed by atoms with Crippen LogP contribution in [0.15, 0.2) is 84.0 Å². The summed E-state index contributed by atoms with van der Waals surface area (Å²) in [5.74, 6) is 0.602. The number of anilines is 2. The van der Waals surface area contributed by atoms with Crippen LogP contribution in [0.25, 0.3) is 17.1 Å². The molecule has 0 saturated heterocycles. The number of aryl methyl sites for hydroxylation is 1. The Hall–Kier alpha value is -3.91.